The van der Waals surface area contributed by atoms with Crippen molar-refractivity contribution in [2.75, 3.05) is 24.2 Å². The number of hydrogen-bond donors (Lipinski definition) is 0. The van der Waals surface area contributed by atoms with Gasteiger partial charge in [0.15, 0.2) is 9.84 Å². The van der Waals surface area contributed by atoms with Crippen LogP contribution in [0.2, 0.25) is 0 Å². The Kier molecular flexibility index (Phi) is 6.25. The van der Waals surface area contributed by atoms with Crippen LogP contribution in [0.25, 0.3) is 5.69 Å². The van der Waals surface area contributed by atoms with Gasteiger partial charge in [0.1, 0.15) is 5.82 Å². The molecule has 0 radical (unpaired) electrons. The van der Waals surface area contributed by atoms with Gasteiger partial charge in [0, 0.05) is 43.3 Å². The highest BCUT2D eigenvalue weighted by Gasteiger charge is 2.30. The van der Waals surface area contributed by atoms with Gasteiger partial charge in [-0.3, -0.25) is 4.79 Å². The summed E-state index contributed by atoms with van der Waals surface area (Å²) in [4.78, 5) is 17.4. The first-order valence-electron chi connectivity index (χ1n) is 10.9. The monoisotopic (exact) mass is 470 g/mol. The van der Waals surface area contributed by atoms with Gasteiger partial charge in [0.05, 0.1) is 28.4 Å². The van der Waals surface area contributed by atoms with Crippen LogP contribution in [0.15, 0.2) is 53.6 Å². The van der Waals surface area contributed by atoms with E-state index in [2.05, 4.69) is 16.9 Å². The van der Waals surface area contributed by atoms with E-state index in [-0.39, 0.29) is 16.6 Å². The molecule has 0 spiro atoms. The molecule has 0 unspecified atom stereocenters. The van der Waals surface area contributed by atoms with E-state index in [1.165, 1.54) is 18.2 Å². The van der Waals surface area contributed by atoms with Crippen LogP contribution in [0, 0.1) is 5.82 Å². The van der Waals surface area contributed by atoms with Crippen LogP contribution in [0.4, 0.5) is 10.1 Å². The van der Waals surface area contributed by atoms with Crippen molar-refractivity contribution in [1.82, 2.24) is 14.7 Å². The number of anilines is 1. The first kappa shape index (κ1) is 23.0. The first-order chi connectivity index (χ1) is 15.7. The van der Waals surface area contributed by atoms with E-state index in [4.69, 9.17) is 0 Å². The van der Waals surface area contributed by atoms with Gasteiger partial charge in [-0.25, -0.2) is 17.5 Å². The van der Waals surface area contributed by atoms with Crippen LogP contribution in [0.3, 0.4) is 0 Å². The van der Waals surface area contributed by atoms with Crippen molar-refractivity contribution in [3.05, 3.63) is 71.3 Å². The molecule has 0 saturated carbocycles. The van der Waals surface area contributed by atoms with Crippen LogP contribution >= 0.6 is 0 Å². The molecule has 1 aromatic heterocycles. The number of nitrogens with zero attached hydrogens (tertiary/aromatic N) is 4. The third-order valence-corrected chi connectivity index (χ3v) is 6.91. The molecule has 1 aliphatic rings. The molecule has 2 aromatic carbocycles. The van der Waals surface area contributed by atoms with Crippen molar-refractivity contribution >= 4 is 21.4 Å². The Hall–Kier alpha value is -3.20. The fourth-order valence-corrected chi connectivity index (χ4v) is 4.75. The van der Waals surface area contributed by atoms with E-state index in [1.807, 2.05) is 13.1 Å². The van der Waals surface area contributed by atoms with Gasteiger partial charge in [-0.05, 0) is 55.8 Å². The summed E-state index contributed by atoms with van der Waals surface area (Å²) < 4.78 is 39.2. The summed E-state index contributed by atoms with van der Waals surface area (Å²) in [6, 6.07) is 10.8. The van der Waals surface area contributed by atoms with Crippen molar-refractivity contribution < 1.29 is 17.6 Å². The van der Waals surface area contributed by atoms with Gasteiger partial charge in [-0.15, -0.1) is 0 Å². The number of amides is 1. The quantitative estimate of drug-likeness (QED) is 0.525. The lowest BCUT2D eigenvalue weighted by Gasteiger charge is -2.27. The van der Waals surface area contributed by atoms with Crippen molar-refractivity contribution in [2.45, 2.75) is 38.3 Å². The number of aromatic nitrogens is 2. The molecule has 0 aliphatic carbocycles. The minimum Gasteiger partial charge on any atom is -0.371 e. The van der Waals surface area contributed by atoms with Gasteiger partial charge in [-0.2, -0.15) is 5.10 Å². The second-order valence-electron chi connectivity index (χ2n) is 8.21. The van der Waals surface area contributed by atoms with E-state index < -0.39 is 9.84 Å². The second kappa shape index (κ2) is 8.97. The minimum atomic E-state index is -3.46. The summed E-state index contributed by atoms with van der Waals surface area (Å²) in [6.07, 6.45) is 3.89. The molecular weight excluding hydrogens is 443 g/mol. The zero-order chi connectivity index (χ0) is 23.8. The Morgan fingerprint density at radius 1 is 1.12 bits per heavy atom. The zero-order valence-corrected chi connectivity index (χ0v) is 19.8. The minimum absolute atomic E-state index is 0.126. The van der Waals surface area contributed by atoms with Crippen LogP contribution in [0.5, 0.6) is 0 Å². The maximum atomic E-state index is 13.6. The Bertz CT molecular complexity index is 1260. The van der Waals surface area contributed by atoms with Gasteiger partial charge < -0.3 is 9.80 Å². The van der Waals surface area contributed by atoms with Gasteiger partial charge >= 0.3 is 0 Å². The highest BCUT2D eigenvalue weighted by atomic mass is 32.2. The standard InChI is InChI=1S/C24H27FN4O3S/c1-4-12-27(5-2)23-11-10-20(33(3,31)32)13-21(23)24(30)28-14-17-15-29(26-22(17)16-28)19-8-6-18(25)7-9-19/h6-11,13,15H,4-5,12,14,16H2,1-3H3. The lowest BCUT2D eigenvalue weighted by molar-refractivity contribution is 0.0749. The number of hydrogen-bond acceptors (Lipinski definition) is 5. The smallest absolute Gasteiger partial charge is 0.256 e. The molecule has 4 rings (SSSR count). The largest absolute Gasteiger partial charge is 0.371 e. The Balaban J connectivity index is 1.63. The molecule has 1 amide bonds. The summed E-state index contributed by atoms with van der Waals surface area (Å²) in [5.74, 6) is -0.539. The van der Waals surface area contributed by atoms with E-state index in [1.54, 1.807) is 33.8 Å². The predicted molar refractivity (Wildman–Crippen MR) is 125 cm³/mol. The van der Waals surface area contributed by atoms with Crippen molar-refractivity contribution in [3.63, 3.8) is 0 Å². The normalized spacial score (nSPS) is 13.3. The third-order valence-electron chi connectivity index (χ3n) is 5.80. The summed E-state index contributed by atoms with van der Waals surface area (Å²) in [7, 11) is -3.46. The fraction of sp³-hybridized carbons (Fsp3) is 0.333. The molecule has 174 valence electrons. The van der Waals surface area contributed by atoms with Gasteiger partial charge in [-0.1, -0.05) is 6.92 Å². The van der Waals surface area contributed by atoms with E-state index in [0.29, 0.717) is 25.2 Å². The number of sulfone groups is 1. The molecular formula is C24H27FN4O3S. The molecule has 7 nitrogen and oxygen atoms in total. The van der Waals surface area contributed by atoms with E-state index >= 15 is 0 Å². The van der Waals surface area contributed by atoms with Crippen molar-refractivity contribution in [1.29, 1.82) is 0 Å². The Morgan fingerprint density at radius 2 is 1.85 bits per heavy atom. The maximum absolute atomic E-state index is 13.6. The molecule has 3 aromatic rings. The third kappa shape index (κ3) is 4.64. The molecule has 33 heavy (non-hydrogen) atoms. The van der Waals surface area contributed by atoms with Crippen LogP contribution in [-0.2, 0) is 22.9 Å². The van der Waals surface area contributed by atoms with Crippen LogP contribution < -0.4 is 4.90 Å². The molecule has 9 heteroatoms. The number of halogens is 1. The number of rotatable bonds is 7. The van der Waals surface area contributed by atoms with Gasteiger partial charge in [0.2, 0.25) is 0 Å². The second-order valence-corrected chi connectivity index (χ2v) is 10.2. The number of carbonyl (C=O) groups is 1. The summed E-state index contributed by atoms with van der Waals surface area (Å²) >= 11 is 0. The molecule has 0 N–H and O–H groups in total. The van der Waals surface area contributed by atoms with E-state index in [9.17, 15) is 17.6 Å². The summed E-state index contributed by atoms with van der Waals surface area (Å²) in [5.41, 5.74) is 3.54. The molecule has 0 atom stereocenters. The molecule has 0 bridgehead atoms. The number of carbonyl (C=O) groups excluding carboxylic acids is 1. The van der Waals surface area contributed by atoms with Crippen molar-refractivity contribution in [3.8, 4) is 5.69 Å². The van der Waals surface area contributed by atoms with Crippen LogP contribution in [0.1, 0.15) is 41.9 Å². The number of fused-ring (bicyclic) bond motifs is 1. The molecule has 1 aliphatic heterocycles. The molecule has 0 saturated heterocycles. The lowest BCUT2D eigenvalue weighted by atomic mass is 10.1. The SMILES string of the molecule is CCCN(CC)c1ccc(S(C)(=O)=O)cc1C(=O)N1Cc2cn(-c3ccc(F)cc3)nc2C1. The van der Waals surface area contributed by atoms with Gasteiger partial charge in [0.25, 0.3) is 5.91 Å². The van der Waals surface area contributed by atoms with Crippen molar-refractivity contribution in [2.24, 2.45) is 0 Å². The molecule has 0 fully saturated rings. The first-order valence-corrected chi connectivity index (χ1v) is 12.8. The topological polar surface area (TPSA) is 75.5 Å². The molecule has 2 heterocycles. The Morgan fingerprint density at radius 3 is 2.45 bits per heavy atom. The fourth-order valence-electron chi connectivity index (χ4n) is 4.10. The average Bonchev–Trinajstić information content (AvgIpc) is 3.36. The highest BCUT2D eigenvalue weighted by molar-refractivity contribution is 7.90. The van der Waals surface area contributed by atoms with Crippen LogP contribution in [-0.4, -0.2) is 48.4 Å². The summed E-state index contributed by atoms with van der Waals surface area (Å²) in [5, 5.41) is 4.57. The lowest BCUT2D eigenvalue weighted by Crippen LogP contribution is -2.31. The predicted octanol–water partition coefficient (Wildman–Crippen LogP) is 3.81. The summed E-state index contributed by atoms with van der Waals surface area (Å²) in [6.45, 7) is 6.24. The average molecular weight is 471 g/mol. The zero-order valence-electron chi connectivity index (χ0n) is 19.0. The number of benzene rings is 2. The van der Waals surface area contributed by atoms with E-state index in [0.717, 1.165) is 41.9 Å². The maximum Gasteiger partial charge on any atom is 0.256 e. The Labute approximate surface area is 193 Å². The highest BCUT2D eigenvalue weighted by Crippen LogP contribution is 2.30.